The van der Waals surface area contributed by atoms with E-state index in [1.165, 1.54) is 4.90 Å². The highest BCUT2D eigenvalue weighted by Crippen LogP contribution is 2.36. The summed E-state index contributed by atoms with van der Waals surface area (Å²) >= 11 is 12.2. The first-order valence-corrected chi connectivity index (χ1v) is 11.8. The van der Waals surface area contributed by atoms with E-state index in [4.69, 9.17) is 27.9 Å². The van der Waals surface area contributed by atoms with Crippen molar-refractivity contribution in [2.24, 2.45) is 0 Å². The molecule has 3 aromatic carbocycles. The van der Waals surface area contributed by atoms with Crippen molar-refractivity contribution in [3.05, 3.63) is 99.0 Å². The fourth-order valence-electron chi connectivity index (χ4n) is 4.26. The van der Waals surface area contributed by atoms with Gasteiger partial charge in [-0.1, -0.05) is 53.5 Å². The molecule has 0 bridgehead atoms. The lowest BCUT2D eigenvalue weighted by molar-refractivity contribution is -0.137. The Bertz CT molecular complexity index is 1210. The molecule has 34 heavy (non-hydrogen) atoms. The molecule has 0 saturated carbocycles. The number of carboxylic acids is 1. The lowest BCUT2D eigenvalue weighted by atomic mass is 9.87. The van der Waals surface area contributed by atoms with Crippen LogP contribution in [0.4, 0.5) is 0 Å². The largest absolute Gasteiger partial charge is 0.487 e. The molecule has 0 aromatic heterocycles. The van der Waals surface area contributed by atoms with Crippen LogP contribution in [0.1, 0.15) is 40.4 Å². The third-order valence-corrected chi connectivity index (χ3v) is 6.63. The molecule has 0 saturated heterocycles. The molecule has 4 rings (SSSR count). The van der Waals surface area contributed by atoms with Crippen molar-refractivity contribution < 1.29 is 19.4 Å². The van der Waals surface area contributed by atoms with Crippen LogP contribution >= 0.6 is 23.2 Å². The highest BCUT2D eigenvalue weighted by molar-refractivity contribution is 6.31. The molecule has 0 unspecified atom stereocenters. The van der Waals surface area contributed by atoms with Gasteiger partial charge < -0.3 is 14.7 Å². The molecule has 1 N–H and O–H groups in total. The number of aryl methyl sites for hydroxylation is 1. The van der Waals surface area contributed by atoms with Gasteiger partial charge >= 0.3 is 5.97 Å². The zero-order chi connectivity index (χ0) is 24.3. The van der Waals surface area contributed by atoms with E-state index in [1.54, 1.807) is 36.4 Å². The van der Waals surface area contributed by atoms with E-state index in [0.29, 0.717) is 21.2 Å². The Balaban J connectivity index is 1.52. The molecule has 0 spiro atoms. The maximum absolute atomic E-state index is 13.2. The van der Waals surface area contributed by atoms with Crippen LogP contribution in [0, 0.1) is 0 Å². The Morgan fingerprint density at radius 3 is 2.50 bits per heavy atom. The summed E-state index contributed by atoms with van der Waals surface area (Å²) in [5, 5.41) is 10.6. The number of aliphatic carboxylic acids is 1. The van der Waals surface area contributed by atoms with Gasteiger partial charge in [0.2, 0.25) is 0 Å². The number of carboxylic acid groups (broad SMARTS) is 1. The molecular weight excluding hydrogens is 473 g/mol. The van der Waals surface area contributed by atoms with E-state index in [-0.39, 0.29) is 18.1 Å². The number of ether oxygens (including phenoxy) is 1. The van der Waals surface area contributed by atoms with Crippen LogP contribution in [0.15, 0.2) is 66.7 Å². The van der Waals surface area contributed by atoms with Gasteiger partial charge in [0.25, 0.3) is 5.91 Å². The molecule has 1 aliphatic rings. The van der Waals surface area contributed by atoms with Gasteiger partial charge in [-0.3, -0.25) is 9.59 Å². The monoisotopic (exact) mass is 497 g/mol. The van der Waals surface area contributed by atoms with Crippen molar-refractivity contribution >= 4 is 35.1 Å². The Hall–Kier alpha value is -3.02. The number of carbonyl (C=O) groups is 2. The number of amides is 1. The van der Waals surface area contributed by atoms with Gasteiger partial charge in [-0.15, -0.1) is 0 Å². The minimum atomic E-state index is -1.08. The van der Waals surface area contributed by atoms with Gasteiger partial charge in [-0.2, -0.15) is 0 Å². The molecule has 176 valence electrons. The molecule has 0 fully saturated rings. The van der Waals surface area contributed by atoms with Crippen molar-refractivity contribution in [3.63, 3.8) is 0 Å². The summed E-state index contributed by atoms with van der Waals surface area (Å²) in [7, 11) is 0. The van der Waals surface area contributed by atoms with Crippen LogP contribution in [0.5, 0.6) is 5.75 Å². The highest BCUT2D eigenvalue weighted by atomic mass is 35.5. The molecule has 1 atom stereocenters. The van der Waals surface area contributed by atoms with Crippen molar-refractivity contribution in [2.75, 3.05) is 6.54 Å². The predicted molar refractivity (Wildman–Crippen MR) is 133 cm³/mol. The Morgan fingerprint density at radius 2 is 1.79 bits per heavy atom. The standard InChI is InChI=1S/C27H25Cl2NO4/c1-27(15-18-6-9-22(28)10-7-18)13-12-19-14-20(8-11-24(19)34-27)26(33)30(17-25(31)32)16-21-4-2-3-5-23(21)29/h2-11,14H,12-13,15-17H2,1H3,(H,31,32)/t27-/m0/s1. The van der Waals surface area contributed by atoms with Crippen LogP contribution in [-0.4, -0.2) is 34.0 Å². The fourth-order valence-corrected chi connectivity index (χ4v) is 4.58. The molecular formula is C27H25Cl2NO4. The van der Waals surface area contributed by atoms with Gasteiger partial charge in [0.05, 0.1) is 0 Å². The molecule has 3 aromatic rings. The first-order chi connectivity index (χ1) is 16.2. The summed E-state index contributed by atoms with van der Waals surface area (Å²) in [4.78, 5) is 26.0. The van der Waals surface area contributed by atoms with E-state index in [0.717, 1.165) is 36.1 Å². The highest BCUT2D eigenvalue weighted by Gasteiger charge is 2.32. The van der Waals surface area contributed by atoms with E-state index < -0.39 is 12.5 Å². The third-order valence-electron chi connectivity index (χ3n) is 6.01. The van der Waals surface area contributed by atoms with Gasteiger partial charge in [0.1, 0.15) is 17.9 Å². The van der Waals surface area contributed by atoms with Crippen LogP contribution in [0.3, 0.4) is 0 Å². The molecule has 1 amide bonds. The Labute approximate surface area is 208 Å². The van der Waals surface area contributed by atoms with Crippen molar-refractivity contribution in [2.45, 2.75) is 38.3 Å². The number of fused-ring (bicyclic) bond motifs is 1. The fraction of sp³-hybridized carbons (Fsp3) is 0.259. The molecule has 7 heteroatoms. The maximum atomic E-state index is 13.2. The van der Waals surface area contributed by atoms with E-state index in [2.05, 4.69) is 6.92 Å². The average molecular weight is 498 g/mol. The molecule has 5 nitrogen and oxygen atoms in total. The zero-order valence-electron chi connectivity index (χ0n) is 18.8. The minimum absolute atomic E-state index is 0.109. The Kier molecular flexibility index (Phi) is 7.15. The van der Waals surface area contributed by atoms with E-state index in [1.807, 2.05) is 30.3 Å². The molecule has 1 aliphatic heterocycles. The summed E-state index contributed by atoms with van der Waals surface area (Å²) in [6, 6.07) is 20.2. The predicted octanol–water partition coefficient (Wildman–Crippen LogP) is 6.05. The first kappa shape index (κ1) is 24.1. The summed E-state index contributed by atoms with van der Waals surface area (Å²) in [5.74, 6) is -0.700. The smallest absolute Gasteiger partial charge is 0.323 e. The lowest BCUT2D eigenvalue weighted by Gasteiger charge is -2.36. The molecule has 1 heterocycles. The summed E-state index contributed by atoms with van der Waals surface area (Å²) < 4.78 is 6.36. The summed E-state index contributed by atoms with van der Waals surface area (Å²) in [6.07, 6.45) is 2.29. The van der Waals surface area contributed by atoms with Crippen molar-refractivity contribution in [1.29, 1.82) is 0 Å². The number of hydrogen-bond acceptors (Lipinski definition) is 3. The topological polar surface area (TPSA) is 66.8 Å². The summed E-state index contributed by atoms with van der Waals surface area (Å²) in [6.45, 7) is 1.77. The van der Waals surface area contributed by atoms with E-state index in [9.17, 15) is 14.7 Å². The SMILES string of the molecule is C[C@@]1(Cc2ccc(Cl)cc2)CCc2cc(C(=O)N(CC(=O)O)Cc3ccccc3Cl)ccc2O1. The second-order valence-electron chi connectivity index (χ2n) is 8.82. The lowest BCUT2D eigenvalue weighted by Crippen LogP contribution is -2.39. The third kappa shape index (κ3) is 5.72. The van der Waals surface area contributed by atoms with Crippen LogP contribution in [-0.2, 0) is 24.2 Å². The molecule has 0 aliphatic carbocycles. The zero-order valence-corrected chi connectivity index (χ0v) is 20.3. The van der Waals surface area contributed by atoms with Crippen molar-refractivity contribution in [3.8, 4) is 5.75 Å². The van der Waals surface area contributed by atoms with Gasteiger partial charge in [-0.05, 0) is 72.9 Å². The second-order valence-corrected chi connectivity index (χ2v) is 9.67. The van der Waals surface area contributed by atoms with Gasteiger partial charge in [0.15, 0.2) is 0 Å². The number of nitrogens with zero attached hydrogens (tertiary/aromatic N) is 1. The maximum Gasteiger partial charge on any atom is 0.323 e. The normalized spacial score (nSPS) is 16.9. The minimum Gasteiger partial charge on any atom is -0.487 e. The van der Waals surface area contributed by atoms with Gasteiger partial charge in [-0.25, -0.2) is 0 Å². The van der Waals surface area contributed by atoms with Crippen LogP contribution < -0.4 is 4.74 Å². The number of rotatable bonds is 7. The summed E-state index contributed by atoms with van der Waals surface area (Å²) in [5.41, 5.74) is 2.83. The first-order valence-electron chi connectivity index (χ1n) is 11.0. The van der Waals surface area contributed by atoms with Crippen LogP contribution in [0.2, 0.25) is 10.0 Å². The second kappa shape index (κ2) is 10.1. The van der Waals surface area contributed by atoms with Crippen molar-refractivity contribution in [1.82, 2.24) is 4.90 Å². The van der Waals surface area contributed by atoms with Crippen LogP contribution in [0.25, 0.3) is 0 Å². The van der Waals surface area contributed by atoms with E-state index >= 15 is 0 Å². The quantitative estimate of drug-likeness (QED) is 0.431. The molecule has 0 radical (unpaired) electrons. The van der Waals surface area contributed by atoms with Gasteiger partial charge in [0, 0.05) is 28.6 Å². The average Bonchev–Trinajstić information content (AvgIpc) is 2.80. The number of benzene rings is 3. The number of carbonyl (C=O) groups excluding carboxylic acids is 1. The number of hydrogen-bond donors (Lipinski definition) is 1. The Morgan fingerprint density at radius 1 is 1.06 bits per heavy atom. The number of halogens is 2.